The molecule has 0 saturated heterocycles. The van der Waals surface area contributed by atoms with Gasteiger partial charge < -0.3 is 10.1 Å². The van der Waals surface area contributed by atoms with E-state index in [2.05, 4.69) is 59.4 Å². The summed E-state index contributed by atoms with van der Waals surface area (Å²) in [6, 6.07) is 8.49. The van der Waals surface area contributed by atoms with Crippen molar-refractivity contribution in [1.29, 1.82) is 0 Å². The maximum atomic E-state index is 6.42. The SMILES string of the molecule is CNCC(OC1CC(C)CC(C)C1)c1ccc(Br)cc1. The van der Waals surface area contributed by atoms with Crippen LogP contribution in [-0.2, 0) is 4.74 Å². The van der Waals surface area contributed by atoms with E-state index >= 15 is 0 Å². The van der Waals surface area contributed by atoms with Gasteiger partial charge in [-0.1, -0.05) is 41.9 Å². The molecule has 3 unspecified atom stereocenters. The maximum absolute atomic E-state index is 6.42. The Morgan fingerprint density at radius 1 is 1.15 bits per heavy atom. The second kappa shape index (κ2) is 7.58. The average Bonchev–Trinajstić information content (AvgIpc) is 2.38. The molecule has 3 atom stereocenters. The number of hydrogen-bond acceptors (Lipinski definition) is 2. The summed E-state index contributed by atoms with van der Waals surface area (Å²) in [7, 11) is 1.99. The molecule has 2 nitrogen and oxygen atoms in total. The van der Waals surface area contributed by atoms with Crippen molar-refractivity contribution in [1.82, 2.24) is 5.32 Å². The Hall–Kier alpha value is -0.380. The molecule has 1 fully saturated rings. The standard InChI is InChI=1S/C17H26BrNO/c1-12-8-13(2)10-16(9-12)20-17(11-19-3)14-4-6-15(18)7-5-14/h4-7,12-13,16-17,19H,8-11H2,1-3H3. The zero-order chi connectivity index (χ0) is 14.5. The summed E-state index contributed by atoms with van der Waals surface area (Å²) in [6.07, 6.45) is 4.28. The van der Waals surface area contributed by atoms with Gasteiger partial charge >= 0.3 is 0 Å². The first kappa shape index (κ1) is 16.0. The molecule has 1 saturated carbocycles. The molecule has 0 radical (unpaired) electrons. The minimum absolute atomic E-state index is 0.149. The lowest BCUT2D eigenvalue weighted by atomic mass is 9.81. The van der Waals surface area contributed by atoms with Crippen molar-refractivity contribution in [2.75, 3.05) is 13.6 Å². The number of hydrogen-bond donors (Lipinski definition) is 1. The fourth-order valence-corrected chi connectivity index (χ4v) is 3.59. The largest absolute Gasteiger partial charge is 0.369 e. The van der Waals surface area contributed by atoms with Crippen LogP contribution < -0.4 is 5.32 Å². The molecule has 0 heterocycles. The maximum Gasteiger partial charge on any atom is 0.0952 e. The van der Waals surface area contributed by atoms with Crippen LogP contribution in [-0.4, -0.2) is 19.7 Å². The Kier molecular flexibility index (Phi) is 6.06. The molecule has 0 bridgehead atoms. The fraction of sp³-hybridized carbons (Fsp3) is 0.647. The molecule has 0 amide bonds. The van der Waals surface area contributed by atoms with Crippen LogP contribution in [0.2, 0.25) is 0 Å². The third-order valence-corrected chi connectivity index (χ3v) is 4.65. The van der Waals surface area contributed by atoms with E-state index in [0.29, 0.717) is 6.10 Å². The van der Waals surface area contributed by atoms with Crippen LogP contribution in [0.5, 0.6) is 0 Å². The van der Waals surface area contributed by atoms with Gasteiger partial charge in [0.05, 0.1) is 12.2 Å². The van der Waals surface area contributed by atoms with E-state index in [9.17, 15) is 0 Å². The summed E-state index contributed by atoms with van der Waals surface area (Å²) in [5.74, 6) is 1.56. The number of ether oxygens (including phenoxy) is 1. The van der Waals surface area contributed by atoms with Crippen molar-refractivity contribution in [3.8, 4) is 0 Å². The van der Waals surface area contributed by atoms with Gasteiger partial charge in [-0.25, -0.2) is 0 Å². The highest BCUT2D eigenvalue weighted by molar-refractivity contribution is 9.10. The molecule has 0 spiro atoms. The summed E-state index contributed by atoms with van der Waals surface area (Å²) in [6.45, 7) is 5.55. The van der Waals surface area contributed by atoms with E-state index in [1.54, 1.807) is 0 Å². The van der Waals surface area contributed by atoms with Crippen molar-refractivity contribution >= 4 is 15.9 Å². The Morgan fingerprint density at radius 2 is 1.75 bits per heavy atom. The van der Waals surface area contributed by atoms with Crippen LogP contribution in [0, 0.1) is 11.8 Å². The first-order valence-electron chi connectivity index (χ1n) is 7.64. The monoisotopic (exact) mass is 339 g/mol. The summed E-state index contributed by atoms with van der Waals surface area (Å²) < 4.78 is 7.54. The van der Waals surface area contributed by atoms with E-state index in [1.165, 1.54) is 24.8 Å². The molecule has 112 valence electrons. The van der Waals surface area contributed by atoms with Crippen LogP contribution in [0.25, 0.3) is 0 Å². The average molecular weight is 340 g/mol. The Morgan fingerprint density at radius 3 is 2.30 bits per heavy atom. The molecule has 2 rings (SSSR count). The summed E-state index contributed by atoms with van der Waals surface area (Å²) in [4.78, 5) is 0. The molecule has 0 aliphatic heterocycles. The van der Waals surface area contributed by atoms with Gasteiger partial charge in [0.1, 0.15) is 0 Å². The predicted molar refractivity (Wildman–Crippen MR) is 87.9 cm³/mol. The van der Waals surface area contributed by atoms with Gasteiger partial charge in [0.2, 0.25) is 0 Å². The minimum Gasteiger partial charge on any atom is -0.369 e. The number of rotatable bonds is 5. The van der Waals surface area contributed by atoms with Crippen molar-refractivity contribution in [2.24, 2.45) is 11.8 Å². The van der Waals surface area contributed by atoms with Crippen LogP contribution in [0.4, 0.5) is 0 Å². The van der Waals surface area contributed by atoms with E-state index in [4.69, 9.17) is 4.74 Å². The van der Waals surface area contributed by atoms with Gasteiger partial charge in [-0.05, 0) is 55.8 Å². The third kappa shape index (κ3) is 4.57. The van der Waals surface area contributed by atoms with Crippen LogP contribution >= 0.6 is 15.9 Å². The van der Waals surface area contributed by atoms with Gasteiger partial charge in [0, 0.05) is 11.0 Å². The molecule has 0 aromatic heterocycles. The fourth-order valence-electron chi connectivity index (χ4n) is 3.32. The lowest BCUT2D eigenvalue weighted by molar-refractivity contribution is -0.0491. The highest BCUT2D eigenvalue weighted by atomic mass is 79.9. The summed E-state index contributed by atoms with van der Waals surface area (Å²) >= 11 is 3.49. The molecule has 1 aliphatic rings. The van der Waals surface area contributed by atoms with Gasteiger partial charge in [0.25, 0.3) is 0 Å². The molecule has 1 aromatic carbocycles. The Labute approximate surface area is 131 Å². The second-order valence-corrected chi connectivity index (χ2v) is 7.19. The summed E-state index contributed by atoms with van der Waals surface area (Å²) in [5.41, 5.74) is 1.26. The summed E-state index contributed by atoms with van der Waals surface area (Å²) in [5, 5.41) is 3.26. The second-order valence-electron chi connectivity index (χ2n) is 6.27. The molecule has 1 aromatic rings. The van der Waals surface area contributed by atoms with Crippen LogP contribution in [0.3, 0.4) is 0 Å². The lowest BCUT2D eigenvalue weighted by Crippen LogP contribution is -2.30. The third-order valence-electron chi connectivity index (χ3n) is 4.12. The van der Waals surface area contributed by atoms with Gasteiger partial charge in [-0.3, -0.25) is 0 Å². The Bertz CT molecular complexity index is 396. The molecule has 1 aliphatic carbocycles. The van der Waals surface area contributed by atoms with Crippen molar-refractivity contribution in [3.05, 3.63) is 34.3 Å². The highest BCUT2D eigenvalue weighted by Gasteiger charge is 2.27. The number of benzene rings is 1. The van der Waals surface area contributed by atoms with Crippen molar-refractivity contribution in [2.45, 2.75) is 45.3 Å². The van der Waals surface area contributed by atoms with E-state index in [0.717, 1.165) is 22.9 Å². The van der Waals surface area contributed by atoms with Gasteiger partial charge in [-0.15, -0.1) is 0 Å². The quantitative estimate of drug-likeness (QED) is 0.849. The van der Waals surface area contributed by atoms with E-state index < -0.39 is 0 Å². The van der Waals surface area contributed by atoms with Gasteiger partial charge in [-0.2, -0.15) is 0 Å². The van der Waals surface area contributed by atoms with E-state index in [-0.39, 0.29) is 6.10 Å². The van der Waals surface area contributed by atoms with Crippen LogP contribution in [0.15, 0.2) is 28.7 Å². The van der Waals surface area contributed by atoms with Gasteiger partial charge in [0.15, 0.2) is 0 Å². The van der Waals surface area contributed by atoms with E-state index in [1.807, 2.05) is 7.05 Å². The molecule has 3 heteroatoms. The first-order valence-corrected chi connectivity index (χ1v) is 8.43. The number of likely N-dealkylation sites (N-methyl/N-ethyl adjacent to an activating group) is 1. The normalized spacial score (nSPS) is 28.3. The topological polar surface area (TPSA) is 21.3 Å². The minimum atomic E-state index is 0.149. The molecule has 20 heavy (non-hydrogen) atoms. The number of nitrogens with one attached hydrogen (secondary N) is 1. The zero-order valence-electron chi connectivity index (χ0n) is 12.7. The smallest absolute Gasteiger partial charge is 0.0952 e. The number of halogens is 1. The Balaban J connectivity index is 2.03. The molecule has 1 N–H and O–H groups in total. The zero-order valence-corrected chi connectivity index (χ0v) is 14.3. The molecular weight excluding hydrogens is 314 g/mol. The lowest BCUT2D eigenvalue weighted by Gasteiger charge is -2.34. The highest BCUT2D eigenvalue weighted by Crippen LogP contribution is 2.33. The molecular formula is C17H26BrNO. The van der Waals surface area contributed by atoms with Crippen LogP contribution in [0.1, 0.15) is 44.8 Å². The predicted octanol–water partition coefficient (Wildman–Crippen LogP) is 4.55. The van der Waals surface area contributed by atoms with Crippen molar-refractivity contribution < 1.29 is 4.74 Å². The first-order chi connectivity index (χ1) is 9.58. The van der Waals surface area contributed by atoms with Crippen molar-refractivity contribution in [3.63, 3.8) is 0 Å².